The van der Waals surface area contributed by atoms with Gasteiger partial charge in [-0.25, -0.2) is 17.9 Å². The minimum Gasteiger partial charge on any atom is -0.478 e. The van der Waals surface area contributed by atoms with Crippen LogP contribution in [0.25, 0.3) is 0 Å². The molecule has 1 heterocycles. The van der Waals surface area contributed by atoms with Crippen LogP contribution in [0.4, 0.5) is 0 Å². The molecule has 28 heavy (non-hydrogen) atoms. The summed E-state index contributed by atoms with van der Waals surface area (Å²) in [6, 6.07) is -2.81. The number of carboxylic acids is 1. The number of aliphatic hydroxyl groups excluding tert-OH is 3. The Morgan fingerprint density at radius 2 is 1.86 bits per heavy atom. The SMILES string of the molecule is CC(C)C(=O)N[C@H]1[C@H]([C@H](O)[C@H](O)CO)OC(C(=O)O)=C[C@@H]1NS(=O)(=O)C(Cl)Cl. The van der Waals surface area contributed by atoms with Crippen molar-refractivity contribution >= 4 is 45.1 Å². The normalized spacial score (nSPS) is 25.0. The predicted molar refractivity (Wildman–Crippen MR) is 97.8 cm³/mol. The molecule has 0 saturated heterocycles. The van der Waals surface area contributed by atoms with E-state index < -0.39 is 74.7 Å². The van der Waals surface area contributed by atoms with Crippen molar-refractivity contribution in [3.8, 4) is 0 Å². The van der Waals surface area contributed by atoms with E-state index in [4.69, 9.17) is 33.0 Å². The molecule has 0 aromatic carbocycles. The fourth-order valence-corrected chi connectivity index (χ4v) is 3.32. The van der Waals surface area contributed by atoms with Gasteiger partial charge in [0.2, 0.25) is 25.9 Å². The lowest BCUT2D eigenvalue weighted by Crippen LogP contribution is -2.64. The van der Waals surface area contributed by atoms with Gasteiger partial charge in [0.15, 0.2) is 0 Å². The van der Waals surface area contributed by atoms with Crippen LogP contribution in [0.3, 0.4) is 0 Å². The van der Waals surface area contributed by atoms with E-state index in [1.807, 2.05) is 4.72 Å². The van der Waals surface area contributed by atoms with Gasteiger partial charge in [0.25, 0.3) is 0 Å². The van der Waals surface area contributed by atoms with Crippen molar-refractivity contribution in [1.82, 2.24) is 10.0 Å². The lowest BCUT2D eigenvalue weighted by molar-refractivity contribution is -0.146. The molecule has 1 amide bonds. The van der Waals surface area contributed by atoms with Gasteiger partial charge in [0, 0.05) is 5.92 Å². The van der Waals surface area contributed by atoms with Crippen molar-refractivity contribution in [1.29, 1.82) is 0 Å². The summed E-state index contributed by atoms with van der Waals surface area (Å²) in [5.74, 6) is -3.48. The second kappa shape index (κ2) is 10.1. The summed E-state index contributed by atoms with van der Waals surface area (Å²) in [5, 5.41) is 40.7. The molecule has 0 unspecified atom stereocenters. The van der Waals surface area contributed by atoms with Crippen LogP contribution in [0.15, 0.2) is 11.8 Å². The molecule has 14 heteroatoms. The molecule has 1 rings (SSSR count). The lowest BCUT2D eigenvalue weighted by atomic mass is 9.92. The van der Waals surface area contributed by atoms with Crippen molar-refractivity contribution in [3.63, 3.8) is 0 Å². The summed E-state index contributed by atoms with van der Waals surface area (Å²) in [7, 11) is -4.37. The number of halogens is 2. The van der Waals surface area contributed by atoms with Gasteiger partial charge in [-0.1, -0.05) is 37.0 Å². The first kappa shape index (κ1) is 24.9. The Kier molecular flexibility index (Phi) is 8.93. The Labute approximate surface area is 171 Å². The van der Waals surface area contributed by atoms with Gasteiger partial charge in [0.1, 0.15) is 18.3 Å². The number of rotatable bonds is 9. The van der Waals surface area contributed by atoms with Crippen LogP contribution in [-0.2, 0) is 24.3 Å². The molecule has 1 aliphatic rings. The standard InChI is InChI=1S/C14H22Cl2N2O9S/c1-5(2)12(22)17-9-6(18-28(25,26)14(15)16)3-8(13(23)24)27-11(9)10(21)7(20)4-19/h3,5-7,9-11,14,18-21H,4H2,1-2H3,(H,17,22)(H,23,24)/t6-,7+,9+,10+,11+/m0/s1. The summed E-state index contributed by atoms with van der Waals surface area (Å²) >= 11 is 10.8. The average Bonchev–Trinajstić information content (AvgIpc) is 2.60. The number of ether oxygens (including phenoxy) is 1. The zero-order chi connectivity index (χ0) is 21.8. The minimum atomic E-state index is -4.37. The number of amides is 1. The number of carbonyl (C=O) groups is 2. The number of aliphatic hydroxyl groups is 3. The average molecular weight is 465 g/mol. The molecule has 0 radical (unpaired) electrons. The van der Waals surface area contributed by atoms with Gasteiger partial charge in [-0.3, -0.25) is 4.79 Å². The zero-order valence-electron chi connectivity index (χ0n) is 14.8. The Balaban J connectivity index is 3.42. The molecular formula is C14H22Cl2N2O9S. The molecule has 0 bridgehead atoms. The molecule has 1 aliphatic heterocycles. The van der Waals surface area contributed by atoms with Gasteiger partial charge in [-0.05, 0) is 6.08 Å². The summed E-state index contributed by atoms with van der Waals surface area (Å²) in [6.07, 6.45) is -4.41. The number of carbonyl (C=O) groups excluding carboxylic acids is 1. The van der Waals surface area contributed by atoms with Gasteiger partial charge in [0.05, 0.1) is 18.7 Å². The smallest absolute Gasteiger partial charge is 0.370 e. The molecule has 0 aliphatic carbocycles. The van der Waals surface area contributed by atoms with E-state index in [9.17, 15) is 33.3 Å². The van der Waals surface area contributed by atoms with Crippen molar-refractivity contribution in [2.45, 2.75) is 48.4 Å². The second-order valence-electron chi connectivity index (χ2n) is 6.30. The monoisotopic (exact) mass is 464 g/mol. The third-order valence-electron chi connectivity index (χ3n) is 3.83. The van der Waals surface area contributed by atoms with Crippen LogP contribution in [0.1, 0.15) is 13.8 Å². The van der Waals surface area contributed by atoms with Gasteiger partial charge in [-0.15, -0.1) is 0 Å². The maximum Gasteiger partial charge on any atom is 0.370 e. The second-order valence-corrected chi connectivity index (χ2v) is 9.71. The van der Waals surface area contributed by atoms with Crippen molar-refractivity contribution < 1.29 is 43.2 Å². The summed E-state index contributed by atoms with van der Waals surface area (Å²) in [6.45, 7) is 2.18. The molecule has 0 fully saturated rings. The first-order valence-electron chi connectivity index (χ1n) is 8.00. The maximum absolute atomic E-state index is 12.2. The third kappa shape index (κ3) is 6.17. The third-order valence-corrected chi connectivity index (χ3v) is 6.31. The molecule has 5 atom stereocenters. The van der Waals surface area contributed by atoms with E-state index in [1.165, 1.54) is 13.8 Å². The number of carboxylic acid groups (broad SMARTS) is 1. The van der Waals surface area contributed by atoms with Crippen LogP contribution in [0.5, 0.6) is 0 Å². The van der Waals surface area contributed by atoms with E-state index in [2.05, 4.69) is 5.32 Å². The van der Waals surface area contributed by atoms with Crippen LogP contribution in [0, 0.1) is 5.92 Å². The first-order valence-corrected chi connectivity index (χ1v) is 10.4. The van der Waals surface area contributed by atoms with Crippen molar-refractivity contribution in [2.75, 3.05) is 6.61 Å². The highest BCUT2D eigenvalue weighted by Crippen LogP contribution is 2.25. The van der Waals surface area contributed by atoms with Crippen molar-refractivity contribution in [2.24, 2.45) is 5.92 Å². The fourth-order valence-electron chi connectivity index (χ4n) is 2.31. The summed E-state index contributed by atoms with van der Waals surface area (Å²) in [4.78, 5) is 23.5. The Morgan fingerprint density at radius 3 is 2.29 bits per heavy atom. The molecule has 162 valence electrons. The number of hydrogen-bond acceptors (Lipinski definition) is 8. The number of aliphatic carboxylic acids is 1. The van der Waals surface area contributed by atoms with Gasteiger partial charge >= 0.3 is 5.97 Å². The quantitative estimate of drug-likeness (QED) is 0.215. The number of hydrogen-bond donors (Lipinski definition) is 6. The molecule has 6 N–H and O–H groups in total. The fraction of sp³-hybridized carbons (Fsp3) is 0.714. The lowest BCUT2D eigenvalue weighted by Gasteiger charge is -2.40. The maximum atomic E-state index is 12.2. The predicted octanol–water partition coefficient (Wildman–Crippen LogP) is -1.74. The van der Waals surface area contributed by atoms with Crippen LogP contribution < -0.4 is 10.0 Å². The van der Waals surface area contributed by atoms with E-state index in [0.29, 0.717) is 0 Å². The Morgan fingerprint density at radius 1 is 1.29 bits per heavy atom. The highest BCUT2D eigenvalue weighted by atomic mass is 35.5. The Bertz CT molecular complexity index is 714. The van der Waals surface area contributed by atoms with E-state index >= 15 is 0 Å². The molecule has 0 aromatic heterocycles. The van der Waals surface area contributed by atoms with Gasteiger partial charge < -0.3 is 30.5 Å². The van der Waals surface area contributed by atoms with E-state index in [-0.39, 0.29) is 0 Å². The highest BCUT2D eigenvalue weighted by molar-refractivity contribution is 7.92. The molecule has 11 nitrogen and oxygen atoms in total. The largest absolute Gasteiger partial charge is 0.478 e. The minimum absolute atomic E-state index is 0.559. The molecular weight excluding hydrogens is 443 g/mol. The molecule has 0 saturated carbocycles. The number of sulfonamides is 1. The Hall–Kier alpha value is -1.15. The van der Waals surface area contributed by atoms with E-state index in [1.54, 1.807) is 0 Å². The van der Waals surface area contributed by atoms with Crippen LogP contribution >= 0.6 is 23.2 Å². The van der Waals surface area contributed by atoms with Crippen molar-refractivity contribution in [3.05, 3.63) is 11.8 Å². The van der Waals surface area contributed by atoms with E-state index in [0.717, 1.165) is 6.08 Å². The zero-order valence-corrected chi connectivity index (χ0v) is 17.1. The van der Waals surface area contributed by atoms with Crippen LogP contribution in [0.2, 0.25) is 0 Å². The number of nitrogens with one attached hydrogen (secondary N) is 2. The highest BCUT2D eigenvalue weighted by Gasteiger charge is 2.45. The first-order chi connectivity index (χ1) is 12.8. The molecule has 0 aromatic rings. The summed E-state index contributed by atoms with van der Waals surface area (Å²) in [5.41, 5.74) is 0. The van der Waals surface area contributed by atoms with Crippen LogP contribution in [-0.4, -0.2) is 81.9 Å². The topological polar surface area (TPSA) is 182 Å². The summed E-state index contributed by atoms with van der Waals surface area (Å²) < 4.78 is 29.4. The molecule has 0 spiro atoms. The van der Waals surface area contributed by atoms with Gasteiger partial charge in [-0.2, -0.15) is 0 Å². The number of alkyl halides is 2.